The SMILES string of the molecule is N#Cc1c(-c2ccc(I)cc2)c2c([nH]c1=O)[C@H]1CCCCC1SC2. The second-order valence-corrected chi connectivity index (χ2v) is 8.93. The van der Waals surface area contributed by atoms with E-state index in [-0.39, 0.29) is 11.1 Å². The summed E-state index contributed by atoms with van der Waals surface area (Å²) < 4.78 is 1.15. The van der Waals surface area contributed by atoms with Crippen LogP contribution in [-0.2, 0) is 5.75 Å². The van der Waals surface area contributed by atoms with E-state index < -0.39 is 0 Å². The number of nitrogens with one attached hydrogen (secondary N) is 1. The van der Waals surface area contributed by atoms with Crippen LogP contribution in [0, 0.1) is 14.9 Å². The van der Waals surface area contributed by atoms with Gasteiger partial charge in [-0.05, 0) is 58.7 Å². The molecule has 0 saturated heterocycles. The van der Waals surface area contributed by atoms with Gasteiger partial charge in [0.25, 0.3) is 5.56 Å². The van der Waals surface area contributed by atoms with E-state index in [1.54, 1.807) is 0 Å². The fourth-order valence-electron chi connectivity index (χ4n) is 3.98. The van der Waals surface area contributed by atoms with Crippen LogP contribution < -0.4 is 5.56 Å². The summed E-state index contributed by atoms with van der Waals surface area (Å²) in [6.45, 7) is 0. The quantitative estimate of drug-likeness (QED) is 0.639. The summed E-state index contributed by atoms with van der Waals surface area (Å²) in [5, 5.41) is 10.2. The van der Waals surface area contributed by atoms with Gasteiger partial charge in [0.2, 0.25) is 0 Å². The molecule has 0 spiro atoms. The fourth-order valence-corrected chi connectivity index (χ4v) is 5.86. The van der Waals surface area contributed by atoms with E-state index >= 15 is 0 Å². The maximum Gasteiger partial charge on any atom is 0.266 e. The number of hydrogen-bond donors (Lipinski definition) is 1. The number of nitrogens with zero attached hydrogens (tertiary/aromatic N) is 1. The second kappa shape index (κ2) is 6.57. The Labute approximate surface area is 159 Å². The van der Waals surface area contributed by atoms with Crippen molar-refractivity contribution in [1.29, 1.82) is 5.26 Å². The van der Waals surface area contributed by atoms with Gasteiger partial charge in [-0.2, -0.15) is 17.0 Å². The van der Waals surface area contributed by atoms with Crippen LogP contribution in [-0.4, -0.2) is 10.2 Å². The number of hydrogen-bond acceptors (Lipinski definition) is 3. The third-order valence-corrected chi connectivity index (χ3v) is 7.28. The van der Waals surface area contributed by atoms with Crippen LogP contribution >= 0.6 is 34.4 Å². The van der Waals surface area contributed by atoms with Gasteiger partial charge in [0.15, 0.2) is 0 Å². The molecule has 0 radical (unpaired) electrons. The van der Waals surface area contributed by atoms with Gasteiger partial charge in [-0.1, -0.05) is 25.0 Å². The molecule has 24 heavy (non-hydrogen) atoms. The van der Waals surface area contributed by atoms with Crippen molar-refractivity contribution in [1.82, 2.24) is 4.98 Å². The second-order valence-electron chi connectivity index (χ2n) is 6.46. The Kier molecular flexibility index (Phi) is 4.44. The van der Waals surface area contributed by atoms with Gasteiger partial charge in [-0.15, -0.1) is 0 Å². The molecule has 0 bridgehead atoms. The molecule has 5 heteroatoms. The summed E-state index contributed by atoms with van der Waals surface area (Å²) in [5.41, 5.74) is 4.11. The van der Waals surface area contributed by atoms with Crippen molar-refractivity contribution in [2.75, 3.05) is 0 Å². The van der Waals surface area contributed by atoms with Crippen LogP contribution in [0.1, 0.15) is 48.4 Å². The Morgan fingerprint density at radius 2 is 1.96 bits per heavy atom. The van der Waals surface area contributed by atoms with Crippen molar-refractivity contribution in [3.8, 4) is 17.2 Å². The zero-order valence-corrected chi connectivity index (χ0v) is 16.1. The summed E-state index contributed by atoms with van der Waals surface area (Å²) in [4.78, 5) is 15.6. The highest BCUT2D eigenvalue weighted by molar-refractivity contribution is 14.1. The van der Waals surface area contributed by atoms with E-state index in [0.717, 1.165) is 32.6 Å². The monoisotopic (exact) mass is 448 g/mol. The number of aromatic amines is 1. The molecule has 122 valence electrons. The number of pyridine rings is 1. The number of nitriles is 1. The molecular weight excluding hydrogens is 431 g/mol. The van der Waals surface area contributed by atoms with Gasteiger partial charge in [-0.25, -0.2) is 0 Å². The lowest BCUT2D eigenvalue weighted by Gasteiger charge is -2.37. The van der Waals surface area contributed by atoms with E-state index in [1.807, 2.05) is 36.0 Å². The Bertz CT molecular complexity index is 882. The van der Waals surface area contributed by atoms with Gasteiger partial charge in [0.1, 0.15) is 11.6 Å². The first kappa shape index (κ1) is 16.2. The molecule has 2 aliphatic rings. The lowest BCUT2D eigenvalue weighted by atomic mass is 9.82. The average molecular weight is 448 g/mol. The molecule has 2 aromatic rings. The first-order valence-electron chi connectivity index (χ1n) is 8.25. The highest BCUT2D eigenvalue weighted by atomic mass is 127. The van der Waals surface area contributed by atoms with Gasteiger partial charge >= 0.3 is 0 Å². The maximum absolute atomic E-state index is 12.6. The van der Waals surface area contributed by atoms with E-state index in [0.29, 0.717) is 11.2 Å². The largest absolute Gasteiger partial charge is 0.324 e. The Balaban J connectivity index is 1.95. The number of halogens is 1. The van der Waals surface area contributed by atoms with Crippen molar-refractivity contribution in [2.24, 2.45) is 0 Å². The minimum atomic E-state index is -0.235. The molecule has 3 nitrogen and oxygen atoms in total. The molecule has 2 atom stereocenters. The predicted molar refractivity (Wildman–Crippen MR) is 106 cm³/mol. The molecule has 1 aromatic carbocycles. The number of benzene rings is 1. The minimum absolute atomic E-state index is 0.235. The summed E-state index contributed by atoms with van der Waals surface area (Å²) in [7, 11) is 0. The van der Waals surface area contributed by atoms with E-state index in [9.17, 15) is 10.1 Å². The van der Waals surface area contributed by atoms with Crippen LogP contribution in [0.25, 0.3) is 11.1 Å². The van der Waals surface area contributed by atoms with Crippen molar-refractivity contribution in [2.45, 2.75) is 42.6 Å². The van der Waals surface area contributed by atoms with Crippen LogP contribution in [0.2, 0.25) is 0 Å². The van der Waals surface area contributed by atoms with E-state index in [2.05, 4.69) is 33.6 Å². The molecular formula is C19H17IN2OS. The molecule has 1 fully saturated rings. The molecule has 1 unspecified atom stereocenters. The average Bonchev–Trinajstić information content (AvgIpc) is 2.61. The number of H-pyrrole nitrogens is 1. The number of fused-ring (bicyclic) bond motifs is 3. The van der Waals surface area contributed by atoms with Crippen LogP contribution in [0.3, 0.4) is 0 Å². The molecule has 1 N–H and O–H groups in total. The first-order chi connectivity index (χ1) is 11.7. The van der Waals surface area contributed by atoms with Gasteiger partial charge in [-0.3, -0.25) is 4.79 Å². The topological polar surface area (TPSA) is 56.6 Å². The van der Waals surface area contributed by atoms with Crippen molar-refractivity contribution in [3.05, 3.63) is 55.0 Å². The normalized spacial score (nSPS) is 22.3. The zero-order valence-electron chi connectivity index (χ0n) is 13.1. The van der Waals surface area contributed by atoms with Crippen molar-refractivity contribution in [3.63, 3.8) is 0 Å². The first-order valence-corrected chi connectivity index (χ1v) is 10.4. The molecule has 1 aliphatic heterocycles. The van der Waals surface area contributed by atoms with E-state index in [1.165, 1.54) is 24.8 Å². The minimum Gasteiger partial charge on any atom is -0.324 e. The van der Waals surface area contributed by atoms with Gasteiger partial charge < -0.3 is 4.98 Å². The number of thioether (sulfide) groups is 1. The Morgan fingerprint density at radius 3 is 2.71 bits per heavy atom. The Hall–Kier alpha value is -1.26. The highest BCUT2D eigenvalue weighted by Crippen LogP contribution is 2.48. The van der Waals surface area contributed by atoms with Crippen molar-refractivity contribution >= 4 is 34.4 Å². The summed E-state index contributed by atoms with van der Waals surface area (Å²) in [6, 6.07) is 10.3. The standard InChI is InChI=1S/C19H17IN2OS/c20-12-7-5-11(6-8-12)17-14(9-21)19(23)22-18-13-3-1-2-4-16(13)24-10-15(17)18/h5-8,13,16H,1-4,10H2,(H,22,23)/t13-,16?/m0/s1. The third-order valence-electron chi connectivity index (χ3n) is 5.11. The van der Waals surface area contributed by atoms with Crippen LogP contribution in [0.5, 0.6) is 0 Å². The third kappa shape index (κ3) is 2.70. The summed E-state index contributed by atoms with van der Waals surface area (Å²) >= 11 is 4.27. The van der Waals surface area contributed by atoms with Crippen molar-refractivity contribution < 1.29 is 0 Å². The van der Waals surface area contributed by atoms with Gasteiger partial charge in [0, 0.05) is 31.7 Å². The lowest BCUT2D eigenvalue weighted by molar-refractivity contribution is 0.442. The van der Waals surface area contributed by atoms with E-state index in [4.69, 9.17) is 0 Å². The zero-order chi connectivity index (χ0) is 16.7. The highest BCUT2D eigenvalue weighted by Gasteiger charge is 2.35. The van der Waals surface area contributed by atoms with Crippen LogP contribution in [0.15, 0.2) is 29.1 Å². The fraction of sp³-hybridized carbons (Fsp3) is 0.368. The summed E-state index contributed by atoms with van der Waals surface area (Å²) in [6.07, 6.45) is 4.88. The molecule has 1 saturated carbocycles. The Morgan fingerprint density at radius 1 is 1.21 bits per heavy atom. The molecule has 4 rings (SSSR count). The molecule has 1 aromatic heterocycles. The number of rotatable bonds is 1. The number of aromatic nitrogens is 1. The summed E-state index contributed by atoms with van der Waals surface area (Å²) in [5.74, 6) is 1.30. The molecule has 0 amide bonds. The smallest absolute Gasteiger partial charge is 0.266 e. The maximum atomic E-state index is 12.6. The lowest BCUT2D eigenvalue weighted by Crippen LogP contribution is -2.30. The molecule has 2 heterocycles. The van der Waals surface area contributed by atoms with Crippen LogP contribution in [0.4, 0.5) is 0 Å². The molecule has 1 aliphatic carbocycles. The van der Waals surface area contributed by atoms with Gasteiger partial charge in [0.05, 0.1) is 0 Å². The predicted octanol–water partition coefficient (Wildman–Crippen LogP) is 4.79.